The number of amides is 1. The average molecular weight is 312 g/mol. The number of aliphatic imine (C=N–C) groups is 1. The van der Waals surface area contributed by atoms with Gasteiger partial charge in [-0.1, -0.05) is 6.92 Å². The minimum Gasteiger partial charge on any atom is -0.354 e. The van der Waals surface area contributed by atoms with Crippen LogP contribution >= 0.6 is 0 Å². The van der Waals surface area contributed by atoms with Crippen LogP contribution in [0.5, 0.6) is 0 Å². The van der Waals surface area contributed by atoms with E-state index in [9.17, 15) is 4.79 Å². The number of carbonyl (C=O) groups is 1. The Labute approximate surface area is 135 Å². The zero-order valence-electron chi connectivity index (χ0n) is 13.4. The maximum Gasteiger partial charge on any atom is 0.236 e. The fourth-order valence-corrected chi connectivity index (χ4v) is 3.33. The third-order valence-electron chi connectivity index (χ3n) is 4.74. The van der Waals surface area contributed by atoms with Gasteiger partial charge in [-0.15, -0.1) is 0 Å². The molecule has 0 radical (unpaired) electrons. The number of hydrogen-bond donors (Lipinski definition) is 0. The highest BCUT2D eigenvalue weighted by molar-refractivity contribution is 5.79. The Morgan fingerprint density at radius 2 is 2.35 bits per heavy atom. The van der Waals surface area contributed by atoms with Crippen LogP contribution in [0.4, 0.5) is 11.6 Å². The molecule has 2 unspecified atom stereocenters. The highest BCUT2D eigenvalue weighted by Gasteiger charge is 2.33. The van der Waals surface area contributed by atoms with Crippen molar-refractivity contribution in [3.8, 4) is 6.07 Å². The smallest absolute Gasteiger partial charge is 0.236 e. The summed E-state index contributed by atoms with van der Waals surface area (Å²) in [6, 6.07) is 2.12. The van der Waals surface area contributed by atoms with Gasteiger partial charge >= 0.3 is 0 Å². The molecule has 0 spiro atoms. The van der Waals surface area contributed by atoms with Crippen molar-refractivity contribution in [3.05, 3.63) is 11.9 Å². The number of nitriles is 1. The highest BCUT2D eigenvalue weighted by atomic mass is 16.2. The maximum absolute atomic E-state index is 12.0. The second-order valence-corrected chi connectivity index (χ2v) is 6.13. The van der Waals surface area contributed by atoms with Crippen LogP contribution < -0.4 is 4.90 Å². The van der Waals surface area contributed by atoms with Gasteiger partial charge in [0.15, 0.2) is 5.82 Å². The third kappa shape index (κ3) is 2.89. The molecule has 120 valence electrons. The summed E-state index contributed by atoms with van der Waals surface area (Å²) in [6.45, 7) is 3.54. The molecule has 3 rings (SSSR count). The number of rotatable bonds is 3. The second-order valence-electron chi connectivity index (χ2n) is 6.13. The number of fused-ring (bicyclic) bond motifs is 1. The van der Waals surface area contributed by atoms with Gasteiger partial charge in [0, 0.05) is 38.3 Å². The largest absolute Gasteiger partial charge is 0.354 e. The number of nitrogens with zero attached hydrogens (tertiary/aromatic N) is 6. The number of carbonyl (C=O) groups excluding carboxylic acids is 1. The van der Waals surface area contributed by atoms with Gasteiger partial charge in [-0.2, -0.15) is 5.26 Å². The molecule has 1 aromatic heterocycles. The van der Waals surface area contributed by atoms with E-state index in [1.807, 2.05) is 19.3 Å². The van der Waals surface area contributed by atoms with Crippen LogP contribution in [0.1, 0.15) is 25.3 Å². The first-order valence-corrected chi connectivity index (χ1v) is 7.85. The minimum absolute atomic E-state index is 0.0540. The topological polar surface area (TPSA) is 85.5 Å². The lowest BCUT2D eigenvalue weighted by atomic mass is 9.92. The molecule has 1 amide bonds. The molecule has 0 aliphatic carbocycles. The lowest BCUT2D eigenvalue weighted by Crippen LogP contribution is -2.53. The fraction of sp³-hybridized carbons (Fsp3) is 0.562. The van der Waals surface area contributed by atoms with E-state index in [-0.39, 0.29) is 18.4 Å². The van der Waals surface area contributed by atoms with E-state index in [4.69, 9.17) is 5.26 Å². The van der Waals surface area contributed by atoms with Gasteiger partial charge in [0.2, 0.25) is 5.91 Å². The Morgan fingerprint density at radius 1 is 1.52 bits per heavy atom. The van der Waals surface area contributed by atoms with E-state index in [0.717, 1.165) is 36.6 Å². The van der Waals surface area contributed by atoms with Crippen LogP contribution in [0.25, 0.3) is 0 Å². The van der Waals surface area contributed by atoms with Gasteiger partial charge in [-0.25, -0.2) is 15.0 Å². The second kappa shape index (κ2) is 6.32. The van der Waals surface area contributed by atoms with Crippen LogP contribution in [-0.2, 0) is 11.2 Å². The van der Waals surface area contributed by atoms with Crippen LogP contribution in [-0.4, -0.2) is 53.2 Å². The number of likely N-dealkylation sites (N-methyl/N-ethyl adjacent to an activating group) is 1. The van der Waals surface area contributed by atoms with Gasteiger partial charge in [-0.3, -0.25) is 4.79 Å². The molecule has 0 aromatic carbocycles. The zero-order chi connectivity index (χ0) is 16.4. The summed E-state index contributed by atoms with van der Waals surface area (Å²) in [5.41, 5.74) is 1.04. The first-order chi connectivity index (χ1) is 11.1. The predicted molar refractivity (Wildman–Crippen MR) is 86.7 cm³/mol. The van der Waals surface area contributed by atoms with Crippen LogP contribution in [0.15, 0.2) is 11.3 Å². The lowest BCUT2D eigenvalue weighted by molar-refractivity contribution is -0.131. The molecule has 23 heavy (non-hydrogen) atoms. The monoisotopic (exact) mass is 312 g/mol. The Kier molecular flexibility index (Phi) is 4.24. The van der Waals surface area contributed by atoms with Crippen molar-refractivity contribution in [1.29, 1.82) is 5.26 Å². The molecule has 2 atom stereocenters. The normalized spacial score (nSPS) is 22.6. The lowest BCUT2D eigenvalue weighted by Gasteiger charge is -2.42. The van der Waals surface area contributed by atoms with Crippen LogP contribution in [0.2, 0.25) is 0 Å². The van der Waals surface area contributed by atoms with E-state index in [1.54, 1.807) is 11.2 Å². The van der Waals surface area contributed by atoms with E-state index in [0.29, 0.717) is 12.5 Å². The third-order valence-corrected chi connectivity index (χ3v) is 4.74. The van der Waals surface area contributed by atoms with Crippen LogP contribution in [0.3, 0.4) is 0 Å². The van der Waals surface area contributed by atoms with Crippen LogP contribution in [0, 0.1) is 17.2 Å². The van der Waals surface area contributed by atoms with Crippen molar-refractivity contribution < 1.29 is 4.79 Å². The summed E-state index contributed by atoms with van der Waals surface area (Å²) in [6.07, 6.45) is 5.01. The van der Waals surface area contributed by atoms with E-state index in [2.05, 4.69) is 26.8 Å². The standard InChI is InChI=1S/C16H20N6O/c1-11-5-8-22(14(23)3-6-17)9-13(11)21(2)16-12-4-7-18-15(12)19-10-20-16/h7,10-11,13H,3-5,8-9H2,1-2H3. The van der Waals surface area contributed by atoms with Crippen molar-refractivity contribution in [2.45, 2.75) is 32.2 Å². The summed E-state index contributed by atoms with van der Waals surface area (Å²) in [5.74, 6) is 1.98. The summed E-state index contributed by atoms with van der Waals surface area (Å²) in [7, 11) is 2.01. The van der Waals surface area contributed by atoms with Crippen molar-refractivity contribution in [3.63, 3.8) is 0 Å². The fourth-order valence-electron chi connectivity index (χ4n) is 3.33. The molecule has 7 heteroatoms. The van der Waals surface area contributed by atoms with E-state index < -0.39 is 0 Å². The molecule has 7 nitrogen and oxygen atoms in total. The molecule has 2 aliphatic rings. The Morgan fingerprint density at radius 3 is 3.13 bits per heavy atom. The number of piperidine rings is 1. The first kappa shape index (κ1) is 15.4. The molecule has 2 aliphatic heterocycles. The Balaban J connectivity index is 1.81. The summed E-state index contributed by atoms with van der Waals surface area (Å²) < 4.78 is 0. The molecular formula is C16H20N6O. The van der Waals surface area contributed by atoms with Gasteiger partial charge in [-0.05, 0) is 12.3 Å². The summed E-state index contributed by atoms with van der Waals surface area (Å²) in [5, 5.41) is 8.74. The summed E-state index contributed by atoms with van der Waals surface area (Å²) in [4.78, 5) is 28.9. The minimum atomic E-state index is -0.0888. The summed E-state index contributed by atoms with van der Waals surface area (Å²) >= 11 is 0. The van der Waals surface area contributed by atoms with E-state index >= 15 is 0 Å². The average Bonchev–Trinajstić information content (AvgIpc) is 3.03. The van der Waals surface area contributed by atoms with Crippen molar-refractivity contribution in [2.75, 3.05) is 25.0 Å². The molecule has 0 saturated carbocycles. The van der Waals surface area contributed by atoms with Gasteiger partial charge in [0.05, 0.1) is 12.1 Å². The molecule has 3 heterocycles. The SMILES string of the molecule is CC1CCN(C(=O)CC#N)CC1N(C)c1ncnc2c1CC=N2. The quantitative estimate of drug-likeness (QED) is 0.840. The number of likely N-dealkylation sites (tertiary alicyclic amines) is 1. The molecule has 1 saturated heterocycles. The van der Waals surface area contributed by atoms with Gasteiger partial charge in [0.25, 0.3) is 0 Å². The molecular weight excluding hydrogens is 292 g/mol. The molecule has 0 bridgehead atoms. The molecule has 1 fully saturated rings. The van der Waals surface area contributed by atoms with Crippen molar-refractivity contribution >= 4 is 23.8 Å². The first-order valence-electron chi connectivity index (χ1n) is 7.85. The Hall–Kier alpha value is -2.49. The highest BCUT2D eigenvalue weighted by Crippen LogP contribution is 2.32. The van der Waals surface area contributed by atoms with Crippen molar-refractivity contribution in [1.82, 2.24) is 14.9 Å². The predicted octanol–water partition coefficient (Wildman–Crippen LogP) is 1.32. The number of hydrogen-bond acceptors (Lipinski definition) is 6. The van der Waals surface area contributed by atoms with Gasteiger partial charge in [0.1, 0.15) is 18.6 Å². The molecule has 0 N–H and O–H groups in total. The zero-order valence-corrected chi connectivity index (χ0v) is 13.4. The van der Waals surface area contributed by atoms with Crippen molar-refractivity contribution in [2.24, 2.45) is 10.9 Å². The number of aromatic nitrogens is 2. The number of anilines is 1. The van der Waals surface area contributed by atoms with E-state index in [1.165, 1.54) is 0 Å². The van der Waals surface area contributed by atoms with Gasteiger partial charge < -0.3 is 9.80 Å². The maximum atomic E-state index is 12.0. The molecule has 1 aromatic rings. The Bertz CT molecular complexity index is 680.